The van der Waals surface area contributed by atoms with Crippen molar-refractivity contribution in [2.45, 2.75) is 64.5 Å². The van der Waals surface area contributed by atoms with Crippen LogP contribution in [-0.2, 0) is 23.9 Å². The molecule has 20 heavy (non-hydrogen) atoms. The van der Waals surface area contributed by atoms with Gasteiger partial charge in [0, 0.05) is 6.42 Å². The lowest BCUT2D eigenvalue weighted by Gasteiger charge is -2.18. The zero-order valence-electron chi connectivity index (χ0n) is 12.1. The van der Waals surface area contributed by atoms with Crippen LogP contribution in [0.5, 0.6) is 0 Å². The highest BCUT2D eigenvalue weighted by atomic mass is 16.6. The average Bonchev–Trinajstić information content (AvgIpc) is 2.84. The van der Waals surface area contributed by atoms with Gasteiger partial charge in [0.15, 0.2) is 6.10 Å². The number of esters is 2. The van der Waals surface area contributed by atoms with Gasteiger partial charge in [0.1, 0.15) is 6.04 Å². The van der Waals surface area contributed by atoms with Gasteiger partial charge in [0.05, 0.1) is 6.61 Å². The standard InChI is InChI=1S/C14H23NO5/c1-3-5-6-7-11(14(18)19-4-2)20-13(17)10-8-9-12(16)15-10/h10-11H,3-9H2,1-2H3,(H,15,16)/t10-,11?/m0/s1. The maximum absolute atomic E-state index is 11.9. The van der Waals surface area contributed by atoms with Crippen LogP contribution < -0.4 is 5.32 Å². The summed E-state index contributed by atoms with van der Waals surface area (Å²) in [5.74, 6) is -1.22. The second-order valence-electron chi connectivity index (χ2n) is 4.83. The number of hydrogen-bond donors (Lipinski definition) is 1. The topological polar surface area (TPSA) is 81.7 Å². The van der Waals surface area contributed by atoms with Gasteiger partial charge in [-0.05, 0) is 26.2 Å². The third-order valence-corrected chi connectivity index (χ3v) is 3.16. The Kier molecular flexibility index (Phi) is 7.04. The Balaban J connectivity index is 2.51. The van der Waals surface area contributed by atoms with Gasteiger partial charge in [0.25, 0.3) is 0 Å². The van der Waals surface area contributed by atoms with E-state index in [1.807, 2.05) is 0 Å². The SMILES string of the molecule is CCCCCC(OC(=O)[C@@H]1CCC(=O)N1)C(=O)OCC. The van der Waals surface area contributed by atoms with Crippen molar-refractivity contribution < 1.29 is 23.9 Å². The number of carbonyl (C=O) groups is 3. The Morgan fingerprint density at radius 3 is 2.65 bits per heavy atom. The molecule has 2 atom stereocenters. The molecule has 1 aliphatic rings. The summed E-state index contributed by atoms with van der Waals surface area (Å²) in [6.07, 6.45) is 3.10. The average molecular weight is 285 g/mol. The van der Waals surface area contributed by atoms with E-state index in [-0.39, 0.29) is 12.5 Å². The van der Waals surface area contributed by atoms with Crippen molar-refractivity contribution in [1.82, 2.24) is 5.32 Å². The fraction of sp³-hybridized carbons (Fsp3) is 0.786. The van der Waals surface area contributed by atoms with Gasteiger partial charge in [-0.2, -0.15) is 0 Å². The van der Waals surface area contributed by atoms with E-state index in [2.05, 4.69) is 12.2 Å². The molecule has 1 rings (SSSR count). The molecule has 0 aromatic heterocycles. The third-order valence-electron chi connectivity index (χ3n) is 3.16. The Morgan fingerprint density at radius 1 is 1.35 bits per heavy atom. The van der Waals surface area contributed by atoms with Gasteiger partial charge in [-0.3, -0.25) is 4.79 Å². The molecule has 1 fully saturated rings. The maximum atomic E-state index is 11.9. The second-order valence-corrected chi connectivity index (χ2v) is 4.83. The molecule has 0 saturated carbocycles. The van der Waals surface area contributed by atoms with Gasteiger partial charge >= 0.3 is 11.9 Å². The van der Waals surface area contributed by atoms with Crippen LogP contribution in [0.25, 0.3) is 0 Å². The van der Waals surface area contributed by atoms with Crippen molar-refractivity contribution in [3.8, 4) is 0 Å². The molecular formula is C14H23NO5. The van der Waals surface area contributed by atoms with Crippen molar-refractivity contribution in [3.05, 3.63) is 0 Å². The molecule has 1 aliphatic heterocycles. The van der Waals surface area contributed by atoms with Gasteiger partial charge in [-0.25, -0.2) is 9.59 Å². The molecule has 1 N–H and O–H groups in total. The lowest BCUT2D eigenvalue weighted by Crippen LogP contribution is -2.39. The summed E-state index contributed by atoms with van der Waals surface area (Å²) in [5, 5.41) is 2.53. The summed E-state index contributed by atoms with van der Waals surface area (Å²) in [4.78, 5) is 34.7. The lowest BCUT2D eigenvalue weighted by molar-refractivity contribution is -0.169. The number of rotatable bonds is 8. The Labute approximate surface area is 119 Å². The number of amides is 1. The highest BCUT2D eigenvalue weighted by Crippen LogP contribution is 2.13. The third kappa shape index (κ3) is 5.19. The van der Waals surface area contributed by atoms with Crippen molar-refractivity contribution in [3.63, 3.8) is 0 Å². The molecule has 6 nitrogen and oxygen atoms in total. The van der Waals surface area contributed by atoms with Crippen LogP contribution in [-0.4, -0.2) is 36.6 Å². The maximum Gasteiger partial charge on any atom is 0.347 e. The summed E-state index contributed by atoms with van der Waals surface area (Å²) >= 11 is 0. The normalized spacial score (nSPS) is 19.3. The largest absolute Gasteiger partial charge is 0.463 e. The molecule has 1 saturated heterocycles. The van der Waals surface area contributed by atoms with Crippen LogP contribution in [0.15, 0.2) is 0 Å². The first kappa shape index (κ1) is 16.5. The summed E-state index contributed by atoms with van der Waals surface area (Å²) in [5.41, 5.74) is 0. The van der Waals surface area contributed by atoms with Crippen molar-refractivity contribution in [2.75, 3.05) is 6.61 Å². The molecule has 1 amide bonds. The number of unbranched alkanes of at least 4 members (excludes halogenated alkanes) is 2. The number of ether oxygens (including phenoxy) is 2. The quantitative estimate of drug-likeness (QED) is 0.537. The minimum Gasteiger partial charge on any atom is -0.463 e. The van der Waals surface area contributed by atoms with Crippen LogP contribution in [0, 0.1) is 0 Å². The van der Waals surface area contributed by atoms with Gasteiger partial charge in [0.2, 0.25) is 5.91 Å². The van der Waals surface area contributed by atoms with Gasteiger partial charge in [-0.1, -0.05) is 19.8 Å². The van der Waals surface area contributed by atoms with Crippen molar-refractivity contribution in [2.24, 2.45) is 0 Å². The van der Waals surface area contributed by atoms with E-state index in [9.17, 15) is 14.4 Å². The van der Waals surface area contributed by atoms with E-state index in [1.165, 1.54) is 0 Å². The predicted octanol–water partition coefficient (Wildman–Crippen LogP) is 1.32. The molecule has 0 radical (unpaired) electrons. The minimum atomic E-state index is -0.869. The van der Waals surface area contributed by atoms with E-state index >= 15 is 0 Å². The Hall–Kier alpha value is -1.59. The number of hydrogen-bond acceptors (Lipinski definition) is 5. The molecule has 114 valence electrons. The highest BCUT2D eigenvalue weighted by Gasteiger charge is 2.32. The molecule has 0 aromatic carbocycles. The summed E-state index contributed by atoms with van der Waals surface area (Å²) in [7, 11) is 0. The Bertz CT molecular complexity index is 355. The molecule has 6 heteroatoms. The molecule has 0 aromatic rings. The van der Waals surface area contributed by atoms with Crippen LogP contribution in [0.2, 0.25) is 0 Å². The molecule has 1 heterocycles. The van der Waals surface area contributed by atoms with Crippen molar-refractivity contribution in [1.29, 1.82) is 0 Å². The van der Waals surface area contributed by atoms with Crippen LogP contribution in [0.3, 0.4) is 0 Å². The first-order valence-electron chi connectivity index (χ1n) is 7.25. The number of nitrogens with one attached hydrogen (secondary N) is 1. The summed E-state index contributed by atoms with van der Waals surface area (Å²) in [6, 6.07) is -0.634. The summed E-state index contributed by atoms with van der Waals surface area (Å²) < 4.78 is 10.1. The van der Waals surface area contributed by atoms with Gasteiger partial charge < -0.3 is 14.8 Å². The predicted molar refractivity (Wildman–Crippen MR) is 71.8 cm³/mol. The first-order valence-corrected chi connectivity index (χ1v) is 7.25. The van der Waals surface area contributed by atoms with E-state index in [4.69, 9.17) is 9.47 Å². The zero-order valence-corrected chi connectivity index (χ0v) is 12.1. The fourth-order valence-electron chi connectivity index (χ4n) is 2.05. The van der Waals surface area contributed by atoms with Gasteiger partial charge in [-0.15, -0.1) is 0 Å². The molecule has 0 spiro atoms. The van der Waals surface area contributed by atoms with Crippen LogP contribution in [0.4, 0.5) is 0 Å². The van der Waals surface area contributed by atoms with E-state index in [1.54, 1.807) is 6.92 Å². The zero-order chi connectivity index (χ0) is 15.0. The smallest absolute Gasteiger partial charge is 0.347 e. The van der Waals surface area contributed by atoms with E-state index in [0.717, 1.165) is 19.3 Å². The second kappa shape index (κ2) is 8.55. The minimum absolute atomic E-state index is 0.161. The fourth-order valence-corrected chi connectivity index (χ4v) is 2.05. The lowest BCUT2D eigenvalue weighted by atomic mass is 10.1. The molecule has 0 bridgehead atoms. The van der Waals surface area contributed by atoms with E-state index < -0.39 is 24.1 Å². The highest BCUT2D eigenvalue weighted by molar-refractivity contribution is 5.89. The van der Waals surface area contributed by atoms with Crippen LogP contribution in [0.1, 0.15) is 52.4 Å². The molecule has 0 aliphatic carbocycles. The monoisotopic (exact) mass is 285 g/mol. The number of carbonyl (C=O) groups excluding carboxylic acids is 3. The summed E-state index contributed by atoms with van der Waals surface area (Å²) in [6.45, 7) is 4.01. The van der Waals surface area contributed by atoms with Crippen LogP contribution >= 0.6 is 0 Å². The Morgan fingerprint density at radius 2 is 2.10 bits per heavy atom. The first-order chi connectivity index (χ1) is 9.58. The molecular weight excluding hydrogens is 262 g/mol. The van der Waals surface area contributed by atoms with E-state index in [0.29, 0.717) is 19.3 Å². The van der Waals surface area contributed by atoms with Crippen molar-refractivity contribution >= 4 is 17.8 Å². The molecule has 1 unspecified atom stereocenters.